The number of anilines is 1. The van der Waals surface area contributed by atoms with Crippen LogP contribution in [0, 0.1) is 6.92 Å². The fourth-order valence-electron chi connectivity index (χ4n) is 2.81. The van der Waals surface area contributed by atoms with Gasteiger partial charge in [0, 0.05) is 37.3 Å². The van der Waals surface area contributed by atoms with E-state index in [4.69, 9.17) is 0 Å². The maximum atomic E-state index is 11.9. The number of hydrogen-bond donors (Lipinski definition) is 1. The highest BCUT2D eigenvalue weighted by atomic mass is 32.1. The van der Waals surface area contributed by atoms with Gasteiger partial charge in [-0.1, -0.05) is 12.1 Å². The number of nitrogens with zero attached hydrogens (tertiary/aromatic N) is 2. The van der Waals surface area contributed by atoms with Crippen molar-refractivity contribution >= 4 is 29.0 Å². The van der Waals surface area contributed by atoms with Gasteiger partial charge >= 0.3 is 0 Å². The van der Waals surface area contributed by atoms with Crippen molar-refractivity contribution in [1.82, 2.24) is 10.3 Å². The van der Waals surface area contributed by atoms with Gasteiger partial charge in [0.25, 0.3) is 0 Å². The molecule has 0 aliphatic carbocycles. The molecule has 1 aliphatic heterocycles. The highest BCUT2D eigenvalue weighted by Crippen LogP contribution is 2.26. The van der Waals surface area contributed by atoms with E-state index in [1.165, 1.54) is 17.7 Å². The first-order chi connectivity index (χ1) is 11.1. The topological polar surface area (TPSA) is 45.2 Å². The van der Waals surface area contributed by atoms with Crippen molar-refractivity contribution in [2.75, 3.05) is 18.5 Å². The Labute approximate surface area is 140 Å². The van der Waals surface area contributed by atoms with Crippen LogP contribution in [0.3, 0.4) is 0 Å². The van der Waals surface area contributed by atoms with E-state index >= 15 is 0 Å². The van der Waals surface area contributed by atoms with Crippen LogP contribution in [0.2, 0.25) is 0 Å². The van der Waals surface area contributed by atoms with E-state index in [0.717, 1.165) is 29.2 Å². The molecule has 0 fully saturated rings. The van der Waals surface area contributed by atoms with Crippen molar-refractivity contribution in [3.8, 4) is 0 Å². The number of nitrogens with one attached hydrogen (secondary N) is 1. The molecule has 4 nitrogen and oxygen atoms in total. The van der Waals surface area contributed by atoms with E-state index in [1.54, 1.807) is 23.5 Å². The summed E-state index contributed by atoms with van der Waals surface area (Å²) in [6, 6.07) is 6.46. The molecule has 0 saturated heterocycles. The van der Waals surface area contributed by atoms with E-state index in [9.17, 15) is 4.79 Å². The molecule has 0 radical (unpaired) electrons. The Morgan fingerprint density at radius 3 is 3.13 bits per heavy atom. The summed E-state index contributed by atoms with van der Waals surface area (Å²) in [5.41, 5.74) is 4.66. The predicted octanol–water partition coefficient (Wildman–Crippen LogP) is 3.16. The summed E-state index contributed by atoms with van der Waals surface area (Å²) < 4.78 is 0. The molecule has 1 aliphatic rings. The minimum Gasteiger partial charge on any atom is -0.374 e. The minimum absolute atomic E-state index is 0.0921. The molecule has 1 aromatic heterocycles. The lowest BCUT2D eigenvalue weighted by Crippen LogP contribution is -2.25. The van der Waals surface area contributed by atoms with Crippen LogP contribution in [0.15, 0.2) is 29.7 Å². The summed E-state index contributed by atoms with van der Waals surface area (Å²) in [6.07, 6.45) is 5.60. The second kappa shape index (κ2) is 6.96. The Hall–Kier alpha value is -2.14. The van der Waals surface area contributed by atoms with Gasteiger partial charge in [-0.25, -0.2) is 4.98 Å². The lowest BCUT2D eigenvalue weighted by Gasteiger charge is -2.27. The second-order valence-electron chi connectivity index (χ2n) is 5.83. The molecule has 1 amide bonds. The summed E-state index contributed by atoms with van der Waals surface area (Å²) >= 11 is 1.58. The van der Waals surface area contributed by atoms with Crippen molar-refractivity contribution < 1.29 is 4.79 Å². The zero-order valence-electron chi connectivity index (χ0n) is 13.5. The first-order valence-electron chi connectivity index (χ1n) is 7.83. The molecule has 0 bridgehead atoms. The fourth-order valence-corrected chi connectivity index (χ4v) is 3.40. The normalized spacial score (nSPS) is 14.1. The maximum absolute atomic E-state index is 11.9. The van der Waals surface area contributed by atoms with Crippen molar-refractivity contribution in [3.63, 3.8) is 0 Å². The summed E-state index contributed by atoms with van der Waals surface area (Å²) in [5.74, 6) is -0.0921. The molecule has 0 atom stereocenters. The van der Waals surface area contributed by atoms with Crippen molar-refractivity contribution in [1.29, 1.82) is 0 Å². The second-order valence-corrected chi connectivity index (χ2v) is 6.89. The minimum atomic E-state index is -0.0921. The highest BCUT2D eigenvalue weighted by Gasteiger charge is 2.13. The molecule has 0 saturated carbocycles. The third kappa shape index (κ3) is 3.99. The maximum Gasteiger partial charge on any atom is 0.244 e. The summed E-state index contributed by atoms with van der Waals surface area (Å²) in [4.78, 5) is 18.5. The van der Waals surface area contributed by atoms with Gasteiger partial charge in [-0.05, 0) is 43.0 Å². The Morgan fingerprint density at radius 1 is 1.48 bits per heavy atom. The number of benzene rings is 1. The van der Waals surface area contributed by atoms with Gasteiger partial charge in [0.2, 0.25) is 5.91 Å². The average molecular weight is 327 g/mol. The lowest BCUT2D eigenvalue weighted by atomic mass is 9.99. The summed E-state index contributed by atoms with van der Waals surface area (Å²) in [5, 5.41) is 5.88. The Kier molecular flexibility index (Phi) is 4.76. The molecular formula is C18H21N3OS. The van der Waals surface area contributed by atoms with E-state index in [1.807, 2.05) is 12.3 Å². The largest absolute Gasteiger partial charge is 0.374 e. The SMILES string of the molecule is Cc1nc(C=CC(=O)NCc2ccc3c(c2)CCCN3C)cs1. The molecule has 1 N–H and O–H groups in total. The number of rotatable bonds is 4. The smallest absolute Gasteiger partial charge is 0.244 e. The Morgan fingerprint density at radius 2 is 2.35 bits per heavy atom. The van der Waals surface area contributed by atoms with Gasteiger partial charge < -0.3 is 10.2 Å². The first-order valence-corrected chi connectivity index (χ1v) is 8.71. The van der Waals surface area contributed by atoms with Crippen LogP contribution >= 0.6 is 11.3 Å². The van der Waals surface area contributed by atoms with Gasteiger partial charge in [-0.15, -0.1) is 11.3 Å². The van der Waals surface area contributed by atoms with E-state index in [0.29, 0.717) is 6.54 Å². The quantitative estimate of drug-likeness (QED) is 0.877. The van der Waals surface area contributed by atoms with Crippen molar-refractivity contribution in [2.45, 2.75) is 26.3 Å². The number of amides is 1. The third-order valence-corrected chi connectivity index (χ3v) is 4.80. The van der Waals surface area contributed by atoms with Gasteiger partial charge in [-0.2, -0.15) is 0 Å². The monoisotopic (exact) mass is 327 g/mol. The lowest BCUT2D eigenvalue weighted by molar-refractivity contribution is -0.116. The predicted molar refractivity (Wildman–Crippen MR) is 95.8 cm³/mol. The van der Waals surface area contributed by atoms with Gasteiger partial charge in [0.05, 0.1) is 10.7 Å². The number of carbonyl (C=O) groups excluding carboxylic acids is 1. The molecule has 1 aromatic carbocycles. The van der Waals surface area contributed by atoms with Crippen LogP contribution in [0.5, 0.6) is 0 Å². The molecular weight excluding hydrogens is 306 g/mol. The van der Waals surface area contributed by atoms with Crippen molar-refractivity contribution in [2.24, 2.45) is 0 Å². The fraction of sp³-hybridized carbons (Fsp3) is 0.333. The number of hydrogen-bond acceptors (Lipinski definition) is 4. The Balaban J connectivity index is 1.58. The summed E-state index contributed by atoms with van der Waals surface area (Å²) in [7, 11) is 2.13. The molecule has 5 heteroatoms. The molecule has 0 unspecified atom stereocenters. The molecule has 3 rings (SSSR count). The number of aryl methyl sites for hydroxylation is 2. The number of aromatic nitrogens is 1. The van der Waals surface area contributed by atoms with Crippen LogP contribution in [0.4, 0.5) is 5.69 Å². The van der Waals surface area contributed by atoms with E-state index < -0.39 is 0 Å². The molecule has 2 aromatic rings. The molecule has 120 valence electrons. The van der Waals surface area contributed by atoms with Crippen LogP contribution in [0.1, 0.15) is 28.2 Å². The molecule has 0 spiro atoms. The average Bonchev–Trinajstić information content (AvgIpc) is 2.96. The number of fused-ring (bicyclic) bond motifs is 1. The third-order valence-electron chi connectivity index (χ3n) is 4.00. The number of thiazole rings is 1. The van der Waals surface area contributed by atoms with E-state index in [2.05, 4.69) is 40.4 Å². The van der Waals surface area contributed by atoms with E-state index in [-0.39, 0.29) is 5.91 Å². The van der Waals surface area contributed by atoms with Crippen LogP contribution in [-0.4, -0.2) is 24.5 Å². The van der Waals surface area contributed by atoms with Gasteiger partial charge in [0.15, 0.2) is 0 Å². The number of carbonyl (C=O) groups is 1. The standard InChI is InChI=1S/C18H21N3OS/c1-13-20-16(12-23-13)6-8-18(22)19-11-14-5-7-17-15(10-14)4-3-9-21(17)2/h5-8,10,12H,3-4,9,11H2,1-2H3,(H,19,22). The highest BCUT2D eigenvalue weighted by molar-refractivity contribution is 7.09. The summed E-state index contributed by atoms with van der Waals surface area (Å²) in [6.45, 7) is 3.62. The first kappa shape index (κ1) is 15.7. The van der Waals surface area contributed by atoms with Crippen LogP contribution in [-0.2, 0) is 17.8 Å². The van der Waals surface area contributed by atoms with Crippen LogP contribution < -0.4 is 10.2 Å². The van der Waals surface area contributed by atoms with Crippen molar-refractivity contribution in [3.05, 3.63) is 51.5 Å². The van der Waals surface area contributed by atoms with Crippen LogP contribution in [0.25, 0.3) is 6.08 Å². The molecule has 23 heavy (non-hydrogen) atoms. The zero-order valence-corrected chi connectivity index (χ0v) is 14.3. The van der Waals surface area contributed by atoms with Gasteiger partial charge in [0.1, 0.15) is 0 Å². The van der Waals surface area contributed by atoms with Gasteiger partial charge in [-0.3, -0.25) is 4.79 Å². The Bertz CT molecular complexity index is 736. The zero-order chi connectivity index (χ0) is 16.2. The molecule has 2 heterocycles.